The maximum Gasteiger partial charge on any atom is 0.138 e. The van der Waals surface area contributed by atoms with Crippen LogP contribution in [0.3, 0.4) is 0 Å². The number of thiophene rings is 1. The molecule has 1 aliphatic rings. The Kier molecular flexibility index (Phi) is 5.51. The molecular weight excluding hydrogens is 478 g/mol. The average Bonchev–Trinajstić information content (AvgIpc) is 3.66. The number of nitrogens with zero attached hydrogens (tertiary/aromatic N) is 3. The van der Waals surface area contributed by atoms with Crippen molar-refractivity contribution in [1.29, 1.82) is 0 Å². The fraction of sp³-hybridized carbons (Fsp3) is 0.233. The minimum Gasteiger partial charge on any atom is -0.489 e. The molecule has 7 rings (SSSR count). The number of pyridine rings is 2. The van der Waals surface area contributed by atoms with Gasteiger partial charge in [-0.05, 0) is 80.6 Å². The molecule has 0 bridgehead atoms. The highest BCUT2D eigenvalue weighted by Crippen LogP contribution is 2.37. The first kappa shape index (κ1) is 22.2. The van der Waals surface area contributed by atoms with Crippen molar-refractivity contribution < 1.29 is 4.74 Å². The summed E-state index contributed by atoms with van der Waals surface area (Å²) in [4.78, 5) is 15.1. The first-order valence-electron chi connectivity index (χ1n) is 12.9. The Labute approximate surface area is 218 Å². The maximum absolute atomic E-state index is 6.27. The molecule has 2 N–H and O–H groups in total. The Morgan fingerprint density at radius 3 is 2.70 bits per heavy atom. The van der Waals surface area contributed by atoms with Gasteiger partial charge in [-0.25, -0.2) is 4.98 Å². The van der Waals surface area contributed by atoms with Crippen LogP contribution < -0.4 is 4.74 Å². The van der Waals surface area contributed by atoms with Gasteiger partial charge < -0.3 is 9.72 Å². The van der Waals surface area contributed by atoms with E-state index in [9.17, 15) is 0 Å². The lowest BCUT2D eigenvalue weighted by molar-refractivity contribution is 0.154. The van der Waals surface area contributed by atoms with Crippen molar-refractivity contribution in [3.05, 3.63) is 72.0 Å². The van der Waals surface area contributed by atoms with Crippen LogP contribution >= 0.6 is 11.3 Å². The molecule has 5 aromatic heterocycles. The van der Waals surface area contributed by atoms with Crippen LogP contribution in [0.25, 0.3) is 54.9 Å². The first-order chi connectivity index (χ1) is 18.2. The van der Waals surface area contributed by atoms with E-state index >= 15 is 0 Å². The number of fused-ring (bicyclic) bond motifs is 2. The molecule has 184 valence electrons. The number of benzene rings is 1. The van der Waals surface area contributed by atoms with Crippen molar-refractivity contribution in [2.75, 3.05) is 0 Å². The van der Waals surface area contributed by atoms with Gasteiger partial charge in [0.25, 0.3) is 0 Å². The summed E-state index contributed by atoms with van der Waals surface area (Å²) in [7, 11) is 0. The summed E-state index contributed by atoms with van der Waals surface area (Å²) >= 11 is 1.80. The third-order valence-corrected chi connectivity index (χ3v) is 8.29. The SMILES string of the molecule is Cc1ccc(-c2ccnc3[nH]c(-c4n[nH]c5ccc(-c6cncc(OC7CCCCC7)c6)cc45)cc23)s1. The van der Waals surface area contributed by atoms with Gasteiger partial charge in [-0.15, -0.1) is 11.3 Å². The number of aromatic amines is 2. The van der Waals surface area contributed by atoms with E-state index in [1.807, 2.05) is 18.6 Å². The molecule has 1 aliphatic carbocycles. The van der Waals surface area contributed by atoms with Gasteiger partial charge in [-0.3, -0.25) is 10.1 Å². The van der Waals surface area contributed by atoms with Gasteiger partial charge in [-0.2, -0.15) is 5.10 Å². The number of nitrogens with one attached hydrogen (secondary N) is 2. The van der Waals surface area contributed by atoms with Crippen molar-refractivity contribution in [2.45, 2.75) is 45.1 Å². The van der Waals surface area contributed by atoms with Crippen LogP contribution in [0.4, 0.5) is 0 Å². The minimum absolute atomic E-state index is 0.298. The molecule has 5 heterocycles. The highest BCUT2D eigenvalue weighted by Gasteiger charge is 2.17. The van der Waals surface area contributed by atoms with Crippen LogP contribution in [0.2, 0.25) is 0 Å². The maximum atomic E-state index is 6.27. The second kappa shape index (κ2) is 9.16. The lowest BCUT2D eigenvalue weighted by atomic mass is 9.98. The zero-order chi connectivity index (χ0) is 24.8. The normalized spacial score (nSPS) is 14.5. The summed E-state index contributed by atoms with van der Waals surface area (Å²) in [6.07, 6.45) is 11.9. The van der Waals surface area contributed by atoms with Gasteiger partial charge in [-0.1, -0.05) is 12.5 Å². The number of H-pyrrole nitrogens is 2. The third kappa shape index (κ3) is 4.19. The molecule has 0 radical (unpaired) electrons. The summed E-state index contributed by atoms with van der Waals surface area (Å²) in [5.41, 5.74) is 6.98. The summed E-state index contributed by atoms with van der Waals surface area (Å²) in [5.74, 6) is 0.843. The number of hydrogen-bond donors (Lipinski definition) is 2. The molecule has 0 atom stereocenters. The van der Waals surface area contributed by atoms with Crippen molar-refractivity contribution in [2.24, 2.45) is 0 Å². The number of hydrogen-bond acceptors (Lipinski definition) is 5. The summed E-state index contributed by atoms with van der Waals surface area (Å²) in [6.45, 7) is 2.13. The van der Waals surface area contributed by atoms with Crippen LogP contribution in [0, 0.1) is 6.92 Å². The molecule has 1 saturated carbocycles. The highest BCUT2D eigenvalue weighted by molar-refractivity contribution is 7.15. The quantitative estimate of drug-likeness (QED) is 0.249. The zero-order valence-electron chi connectivity index (χ0n) is 20.6. The van der Waals surface area contributed by atoms with Gasteiger partial charge in [0, 0.05) is 44.0 Å². The van der Waals surface area contributed by atoms with Crippen LogP contribution in [-0.4, -0.2) is 31.3 Å². The molecule has 1 fully saturated rings. The molecule has 7 heteroatoms. The fourth-order valence-electron chi connectivity index (χ4n) is 5.36. The summed E-state index contributed by atoms with van der Waals surface area (Å²) in [6, 6.07) is 17.1. The molecular formula is C30H27N5OS. The van der Waals surface area contributed by atoms with E-state index in [1.165, 1.54) is 34.6 Å². The lowest BCUT2D eigenvalue weighted by Crippen LogP contribution is -2.19. The third-order valence-electron chi connectivity index (χ3n) is 7.26. The topological polar surface area (TPSA) is 79.5 Å². The van der Waals surface area contributed by atoms with Crippen molar-refractivity contribution >= 4 is 33.3 Å². The van der Waals surface area contributed by atoms with Crippen molar-refractivity contribution in [3.8, 4) is 38.7 Å². The van der Waals surface area contributed by atoms with Gasteiger partial charge in [0.2, 0.25) is 0 Å². The van der Waals surface area contributed by atoms with E-state index in [0.717, 1.165) is 63.0 Å². The van der Waals surface area contributed by atoms with E-state index in [-0.39, 0.29) is 0 Å². The largest absolute Gasteiger partial charge is 0.489 e. The van der Waals surface area contributed by atoms with E-state index in [4.69, 9.17) is 4.74 Å². The molecule has 6 nitrogen and oxygen atoms in total. The number of ether oxygens (including phenoxy) is 1. The van der Waals surface area contributed by atoms with Crippen LogP contribution in [-0.2, 0) is 0 Å². The summed E-state index contributed by atoms with van der Waals surface area (Å²) in [5, 5.41) is 10.0. The Bertz CT molecular complexity index is 1720. The monoisotopic (exact) mass is 505 g/mol. The molecule has 0 aliphatic heterocycles. The molecule has 6 aromatic rings. The van der Waals surface area contributed by atoms with Crippen molar-refractivity contribution in [3.63, 3.8) is 0 Å². The second-order valence-electron chi connectivity index (χ2n) is 9.83. The van der Waals surface area contributed by atoms with E-state index < -0.39 is 0 Å². The molecule has 0 amide bonds. The first-order valence-corrected chi connectivity index (χ1v) is 13.7. The van der Waals surface area contributed by atoms with E-state index in [2.05, 4.69) is 80.6 Å². The Morgan fingerprint density at radius 2 is 1.84 bits per heavy atom. The number of rotatable bonds is 5. The van der Waals surface area contributed by atoms with E-state index in [1.54, 1.807) is 11.3 Å². The van der Waals surface area contributed by atoms with Gasteiger partial charge in [0.05, 0.1) is 23.5 Å². The number of aryl methyl sites for hydroxylation is 1. The zero-order valence-corrected chi connectivity index (χ0v) is 21.4. The van der Waals surface area contributed by atoms with Gasteiger partial charge >= 0.3 is 0 Å². The predicted molar refractivity (Wildman–Crippen MR) is 150 cm³/mol. The van der Waals surface area contributed by atoms with Crippen LogP contribution in [0.1, 0.15) is 37.0 Å². The van der Waals surface area contributed by atoms with Gasteiger partial charge in [0.15, 0.2) is 0 Å². The highest BCUT2D eigenvalue weighted by atomic mass is 32.1. The molecule has 0 unspecified atom stereocenters. The average molecular weight is 506 g/mol. The smallest absolute Gasteiger partial charge is 0.138 e. The predicted octanol–water partition coefficient (Wildman–Crippen LogP) is 7.92. The Morgan fingerprint density at radius 1 is 0.919 bits per heavy atom. The molecule has 37 heavy (non-hydrogen) atoms. The lowest BCUT2D eigenvalue weighted by Gasteiger charge is -2.23. The summed E-state index contributed by atoms with van der Waals surface area (Å²) < 4.78 is 6.27. The Balaban J connectivity index is 1.26. The standard InChI is InChI=1S/C30H27N5OS/c1-18-7-10-28(37-18)23-11-12-32-30-24(23)15-27(33-30)29-25-14-19(8-9-26(25)34-35-29)20-13-22(17-31-16-20)36-21-5-3-2-4-6-21/h7-17,21H,2-6H2,1H3,(H,32,33)(H,34,35). The fourth-order valence-corrected chi connectivity index (χ4v) is 6.27. The second-order valence-corrected chi connectivity index (χ2v) is 11.1. The van der Waals surface area contributed by atoms with Crippen LogP contribution in [0.15, 0.2) is 67.1 Å². The molecule has 0 spiro atoms. The number of aromatic nitrogens is 5. The van der Waals surface area contributed by atoms with Crippen LogP contribution in [0.5, 0.6) is 5.75 Å². The molecule has 1 aromatic carbocycles. The van der Waals surface area contributed by atoms with Gasteiger partial charge in [0.1, 0.15) is 17.1 Å². The Hall–Kier alpha value is -3.97. The van der Waals surface area contributed by atoms with Crippen molar-refractivity contribution in [1.82, 2.24) is 25.1 Å². The minimum atomic E-state index is 0.298. The van der Waals surface area contributed by atoms with E-state index in [0.29, 0.717) is 6.10 Å². The molecule has 0 saturated heterocycles.